The zero-order valence-corrected chi connectivity index (χ0v) is 18.2. The number of hydrogen-bond donors (Lipinski definition) is 0. The van der Waals surface area contributed by atoms with Crippen LogP contribution in [-0.4, -0.2) is 72.4 Å². The van der Waals surface area contributed by atoms with E-state index >= 15 is 0 Å². The summed E-state index contributed by atoms with van der Waals surface area (Å²) in [4.78, 5) is 30.6. The molecule has 1 fully saturated rings. The summed E-state index contributed by atoms with van der Waals surface area (Å²) in [5.74, 6) is -0.560. The van der Waals surface area contributed by atoms with Crippen LogP contribution in [0.5, 0.6) is 0 Å². The van der Waals surface area contributed by atoms with Gasteiger partial charge in [0, 0.05) is 26.2 Å². The Morgan fingerprint density at radius 2 is 1.77 bits per heavy atom. The van der Waals surface area contributed by atoms with Crippen molar-refractivity contribution in [2.75, 3.05) is 32.8 Å². The Bertz CT molecular complexity index is 1050. The number of ether oxygens (including phenoxy) is 1. The molecule has 2 aromatic heterocycles. The van der Waals surface area contributed by atoms with Crippen LogP contribution in [0.3, 0.4) is 0 Å². The van der Waals surface area contributed by atoms with Gasteiger partial charge in [-0.2, -0.15) is 4.31 Å². The highest BCUT2D eigenvalue weighted by molar-refractivity contribution is 7.89. The molecule has 2 aromatic rings. The number of carbonyl (C=O) groups excluding carboxylic acids is 2. The van der Waals surface area contributed by atoms with Crippen LogP contribution in [0, 0.1) is 20.8 Å². The highest BCUT2D eigenvalue weighted by atomic mass is 32.2. The number of rotatable bonds is 5. The van der Waals surface area contributed by atoms with Gasteiger partial charge in [-0.15, -0.1) is 0 Å². The van der Waals surface area contributed by atoms with Crippen molar-refractivity contribution in [3.63, 3.8) is 0 Å². The number of hydrogen-bond acceptors (Lipinski definition) is 8. The summed E-state index contributed by atoms with van der Waals surface area (Å²) in [6.07, 6.45) is 0. The molecule has 0 saturated carbocycles. The number of nitrogens with zero attached hydrogens (tertiary/aromatic N) is 4. The van der Waals surface area contributed by atoms with Gasteiger partial charge in [-0.3, -0.25) is 4.79 Å². The van der Waals surface area contributed by atoms with Gasteiger partial charge in [-0.05, 0) is 39.8 Å². The molecular formula is C19H24N4O6S. The molecule has 1 saturated heterocycles. The van der Waals surface area contributed by atoms with Crippen LogP contribution in [0.25, 0.3) is 0 Å². The predicted molar refractivity (Wildman–Crippen MR) is 106 cm³/mol. The van der Waals surface area contributed by atoms with E-state index in [-0.39, 0.29) is 55.0 Å². The van der Waals surface area contributed by atoms with E-state index in [0.717, 1.165) is 0 Å². The summed E-state index contributed by atoms with van der Waals surface area (Å²) in [6.45, 7) is 7.48. The van der Waals surface area contributed by atoms with Crippen molar-refractivity contribution in [3.8, 4) is 0 Å². The quantitative estimate of drug-likeness (QED) is 0.643. The molecule has 0 radical (unpaired) electrons. The molecule has 0 aliphatic carbocycles. The lowest BCUT2D eigenvalue weighted by Crippen LogP contribution is -2.50. The van der Waals surface area contributed by atoms with Crippen molar-refractivity contribution in [1.82, 2.24) is 19.3 Å². The third-order valence-corrected chi connectivity index (χ3v) is 7.04. The molecule has 1 amide bonds. The average molecular weight is 436 g/mol. The highest BCUT2D eigenvalue weighted by Gasteiger charge is 2.34. The minimum Gasteiger partial charge on any atom is -0.462 e. The number of carbonyl (C=O) groups is 2. The minimum absolute atomic E-state index is 0.0779. The summed E-state index contributed by atoms with van der Waals surface area (Å²) in [6, 6.07) is 3.00. The van der Waals surface area contributed by atoms with Crippen molar-refractivity contribution in [3.05, 3.63) is 40.5 Å². The fourth-order valence-electron chi connectivity index (χ4n) is 3.37. The lowest BCUT2D eigenvalue weighted by atomic mass is 10.1. The Labute approximate surface area is 174 Å². The third kappa shape index (κ3) is 4.08. The molecule has 0 unspecified atom stereocenters. The molecule has 0 bridgehead atoms. The Kier molecular flexibility index (Phi) is 6.22. The monoisotopic (exact) mass is 436 g/mol. The largest absolute Gasteiger partial charge is 0.462 e. The van der Waals surface area contributed by atoms with Crippen molar-refractivity contribution in [2.24, 2.45) is 0 Å². The molecular weight excluding hydrogens is 412 g/mol. The molecule has 11 heteroatoms. The van der Waals surface area contributed by atoms with Gasteiger partial charge in [0.15, 0.2) is 5.76 Å². The van der Waals surface area contributed by atoms with Gasteiger partial charge in [0.2, 0.25) is 10.0 Å². The van der Waals surface area contributed by atoms with Crippen LogP contribution in [-0.2, 0) is 14.8 Å². The van der Waals surface area contributed by atoms with E-state index < -0.39 is 16.0 Å². The number of amides is 1. The van der Waals surface area contributed by atoms with E-state index in [1.54, 1.807) is 32.6 Å². The number of aromatic nitrogens is 2. The lowest BCUT2D eigenvalue weighted by Gasteiger charge is -2.33. The van der Waals surface area contributed by atoms with E-state index in [1.807, 2.05) is 0 Å². The second-order valence-corrected chi connectivity index (χ2v) is 8.77. The number of pyridine rings is 1. The van der Waals surface area contributed by atoms with Crippen LogP contribution in [0.2, 0.25) is 0 Å². The molecule has 162 valence electrons. The van der Waals surface area contributed by atoms with Gasteiger partial charge in [-0.1, -0.05) is 5.16 Å². The van der Waals surface area contributed by atoms with Crippen molar-refractivity contribution >= 4 is 21.9 Å². The van der Waals surface area contributed by atoms with Crippen LogP contribution in [0.1, 0.15) is 44.9 Å². The summed E-state index contributed by atoms with van der Waals surface area (Å²) in [7, 11) is -3.75. The molecule has 3 heterocycles. The fourth-order valence-corrected chi connectivity index (χ4v) is 5.08. The second-order valence-electron chi connectivity index (χ2n) is 6.90. The first-order valence-electron chi connectivity index (χ1n) is 9.53. The molecule has 0 atom stereocenters. The maximum Gasteiger partial charge on any atom is 0.339 e. The third-order valence-electron chi connectivity index (χ3n) is 4.89. The van der Waals surface area contributed by atoms with Crippen molar-refractivity contribution in [1.29, 1.82) is 0 Å². The second kappa shape index (κ2) is 8.52. The molecule has 1 aliphatic rings. The van der Waals surface area contributed by atoms with Gasteiger partial charge >= 0.3 is 5.97 Å². The fraction of sp³-hybridized carbons (Fsp3) is 0.474. The Hall–Kier alpha value is -2.79. The van der Waals surface area contributed by atoms with E-state index in [4.69, 9.17) is 9.26 Å². The number of piperazine rings is 1. The molecule has 0 spiro atoms. The van der Waals surface area contributed by atoms with E-state index in [0.29, 0.717) is 17.0 Å². The first-order valence-corrected chi connectivity index (χ1v) is 11.0. The Morgan fingerprint density at radius 1 is 1.10 bits per heavy atom. The summed E-state index contributed by atoms with van der Waals surface area (Å²) >= 11 is 0. The van der Waals surface area contributed by atoms with Crippen molar-refractivity contribution in [2.45, 2.75) is 32.6 Å². The highest BCUT2D eigenvalue weighted by Crippen LogP contribution is 2.24. The average Bonchev–Trinajstić information content (AvgIpc) is 3.06. The molecule has 0 N–H and O–H groups in total. The van der Waals surface area contributed by atoms with Gasteiger partial charge in [0.05, 0.1) is 17.9 Å². The smallest absolute Gasteiger partial charge is 0.339 e. The molecule has 30 heavy (non-hydrogen) atoms. The normalized spacial score (nSPS) is 15.3. The first-order chi connectivity index (χ1) is 14.2. The maximum absolute atomic E-state index is 12.9. The van der Waals surface area contributed by atoms with Gasteiger partial charge in [0.25, 0.3) is 5.91 Å². The predicted octanol–water partition coefficient (Wildman–Crippen LogP) is 1.32. The minimum atomic E-state index is -3.75. The number of esters is 1. The number of aryl methyl sites for hydroxylation is 3. The SMILES string of the molecule is CCOC(=O)c1ccc(C(=O)N2CCN(S(=O)(=O)c3c(C)noc3C)CC2)nc1C. The first kappa shape index (κ1) is 21.9. The standard InChI is InChI=1S/C19H24N4O6S/c1-5-28-19(25)15-6-7-16(20-12(15)2)18(24)22-8-10-23(11-9-22)30(26,27)17-13(3)21-29-14(17)4/h6-7H,5,8-11H2,1-4H3. The molecule has 1 aliphatic heterocycles. The van der Waals surface area contributed by atoms with Gasteiger partial charge < -0.3 is 14.2 Å². The Morgan fingerprint density at radius 3 is 2.30 bits per heavy atom. The van der Waals surface area contributed by atoms with Crippen LogP contribution in [0.4, 0.5) is 0 Å². The summed E-state index contributed by atoms with van der Waals surface area (Å²) in [5.41, 5.74) is 1.22. The van der Waals surface area contributed by atoms with Gasteiger partial charge in [-0.25, -0.2) is 18.2 Å². The van der Waals surface area contributed by atoms with Gasteiger partial charge in [0.1, 0.15) is 16.3 Å². The maximum atomic E-state index is 12.9. The summed E-state index contributed by atoms with van der Waals surface area (Å²) < 4.78 is 37.1. The van der Waals surface area contributed by atoms with E-state index in [1.165, 1.54) is 16.4 Å². The number of sulfonamides is 1. The Balaban J connectivity index is 1.70. The van der Waals surface area contributed by atoms with Crippen LogP contribution < -0.4 is 0 Å². The zero-order chi connectivity index (χ0) is 22.1. The topological polar surface area (TPSA) is 123 Å². The van der Waals surface area contributed by atoms with E-state index in [9.17, 15) is 18.0 Å². The van der Waals surface area contributed by atoms with Crippen molar-refractivity contribution < 1.29 is 27.3 Å². The molecule has 3 rings (SSSR count). The van der Waals surface area contributed by atoms with E-state index in [2.05, 4.69) is 10.1 Å². The molecule has 0 aromatic carbocycles. The zero-order valence-electron chi connectivity index (χ0n) is 17.3. The lowest BCUT2D eigenvalue weighted by molar-refractivity contribution is 0.0523. The van der Waals surface area contributed by atoms with Crippen LogP contribution >= 0.6 is 0 Å². The van der Waals surface area contributed by atoms with Crippen LogP contribution in [0.15, 0.2) is 21.6 Å². The molecule has 10 nitrogen and oxygen atoms in total. The summed E-state index contributed by atoms with van der Waals surface area (Å²) in [5, 5.41) is 3.71.